The molecular weight excluding hydrogens is 761 g/mol. The summed E-state index contributed by atoms with van der Waals surface area (Å²) < 4.78 is 2.27. The maximum atomic E-state index is 5.16. The number of nitrogens with zero attached hydrogens (tertiary/aromatic N) is 2. The third-order valence-electron chi connectivity index (χ3n) is 13.7. The molecular formula is C61H36N2. The highest BCUT2D eigenvalue weighted by Crippen LogP contribution is 2.55. The summed E-state index contributed by atoms with van der Waals surface area (Å²) in [5, 5.41) is 18.3. The molecule has 0 saturated heterocycles. The lowest BCUT2D eigenvalue weighted by Crippen LogP contribution is -1.97. The summed E-state index contributed by atoms with van der Waals surface area (Å²) in [6, 6.07) is 80.3. The first-order valence-corrected chi connectivity index (χ1v) is 21.8. The first-order chi connectivity index (χ1) is 31.3. The lowest BCUT2D eigenvalue weighted by atomic mass is 9.84. The molecule has 0 fully saturated rings. The number of hydrogen-bond donors (Lipinski definition) is 0. The molecule has 63 heavy (non-hydrogen) atoms. The second-order valence-corrected chi connectivity index (χ2v) is 16.9. The maximum absolute atomic E-state index is 5.16. The van der Waals surface area contributed by atoms with Gasteiger partial charge in [-0.1, -0.05) is 188 Å². The van der Waals surface area contributed by atoms with E-state index in [0.717, 1.165) is 28.1 Å². The number of rotatable bonds is 5. The van der Waals surface area contributed by atoms with Crippen LogP contribution >= 0.6 is 0 Å². The Morgan fingerprint density at radius 2 is 0.810 bits per heavy atom. The molecule has 0 spiro atoms. The molecule has 0 aliphatic rings. The second-order valence-electron chi connectivity index (χ2n) is 16.9. The predicted molar refractivity (Wildman–Crippen MR) is 268 cm³/mol. The first kappa shape index (κ1) is 34.4. The van der Waals surface area contributed by atoms with Crippen molar-refractivity contribution in [3.63, 3.8) is 0 Å². The van der Waals surface area contributed by atoms with Crippen LogP contribution in [-0.4, -0.2) is 9.55 Å². The maximum Gasteiger partial charge on any atom is 0.145 e. The summed E-state index contributed by atoms with van der Waals surface area (Å²) in [5.41, 5.74) is 11.7. The van der Waals surface area contributed by atoms with Crippen molar-refractivity contribution < 1.29 is 0 Å². The van der Waals surface area contributed by atoms with Gasteiger partial charge in [0.25, 0.3) is 0 Å². The monoisotopic (exact) mass is 796 g/mol. The van der Waals surface area contributed by atoms with Crippen LogP contribution in [-0.2, 0) is 0 Å². The van der Waals surface area contributed by atoms with Gasteiger partial charge in [-0.05, 0) is 139 Å². The van der Waals surface area contributed by atoms with Crippen molar-refractivity contribution in [3.8, 4) is 50.5 Å². The first-order valence-electron chi connectivity index (χ1n) is 21.8. The molecule has 0 atom stereocenters. The molecule has 290 valence electrons. The van der Waals surface area contributed by atoms with E-state index in [2.05, 4.69) is 223 Å². The average molecular weight is 797 g/mol. The molecule has 0 bridgehead atoms. The number of aromatic nitrogens is 2. The standard InChI is InChI=1S/C61H36N2/c1-4-16-38(17-5-1)54-51-36-50-44-23-11-10-22-43(44)46-25-15-26-47(57(46)50)58(51)55(39-18-6-2-7-19-39)60-49-35-34-42(45-24-14-27-48(56(45)49)59(54)60)37-30-32-40(33-31-37)61-62-52-28-12-13-29-53(52)63(61)41-20-8-3-9-21-41/h1-36H. The molecule has 14 rings (SSSR count). The summed E-state index contributed by atoms with van der Waals surface area (Å²) in [7, 11) is 0. The van der Waals surface area contributed by atoms with Gasteiger partial charge in [-0.2, -0.15) is 0 Å². The van der Waals surface area contributed by atoms with Gasteiger partial charge in [-0.3, -0.25) is 4.57 Å². The van der Waals surface area contributed by atoms with Gasteiger partial charge in [0.05, 0.1) is 11.0 Å². The molecule has 0 aliphatic carbocycles. The van der Waals surface area contributed by atoms with Crippen LogP contribution in [0.25, 0.3) is 137 Å². The fourth-order valence-electron chi connectivity index (χ4n) is 11.1. The van der Waals surface area contributed by atoms with E-state index in [1.807, 2.05) is 0 Å². The van der Waals surface area contributed by atoms with Crippen LogP contribution in [0.1, 0.15) is 0 Å². The van der Waals surface area contributed by atoms with E-state index in [1.165, 1.54) is 109 Å². The Kier molecular flexibility index (Phi) is 7.14. The van der Waals surface area contributed by atoms with Crippen LogP contribution in [0.4, 0.5) is 0 Å². The van der Waals surface area contributed by atoms with E-state index in [0.29, 0.717) is 0 Å². The molecule has 0 N–H and O–H groups in total. The summed E-state index contributed by atoms with van der Waals surface area (Å²) in [4.78, 5) is 5.16. The van der Waals surface area contributed by atoms with Gasteiger partial charge in [0.15, 0.2) is 0 Å². The number of hydrogen-bond acceptors (Lipinski definition) is 1. The zero-order valence-electron chi connectivity index (χ0n) is 34.2. The van der Waals surface area contributed by atoms with Crippen molar-refractivity contribution in [2.45, 2.75) is 0 Å². The number of para-hydroxylation sites is 3. The minimum absolute atomic E-state index is 0.935. The van der Waals surface area contributed by atoms with Crippen LogP contribution in [0.5, 0.6) is 0 Å². The van der Waals surface area contributed by atoms with Crippen LogP contribution in [0.3, 0.4) is 0 Å². The number of benzene rings is 11. The second kappa shape index (κ2) is 13.1. The van der Waals surface area contributed by atoms with Gasteiger partial charge in [0, 0.05) is 11.3 Å². The van der Waals surface area contributed by atoms with Crippen molar-refractivity contribution >= 4 is 86.4 Å². The average Bonchev–Trinajstić information content (AvgIpc) is 4.02. The lowest BCUT2D eigenvalue weighted by Gasteiger charge is -2.19. The smallest absolute Gasteiger partial charge is 0.145 e. The van der Waals surface area contributed by atoms with Gasteiger partial charge >= 0.3 is 0 Å². The molecule has 2 nitrogen and oxygen atoms in total. The van der Waals surface area contributed by atoms with Crippen molar-refractivity contribution in [1.29, 1.82) is 0 Å². The van der Waals surface area contributed by atoms with Gasteiger partial charge in [0.2, 0.25) is 0 Å². The molecule has 13 aromatic carbocycles. The van der Waals surface area contributed by atoms with Gasteiger partial charge in [-0.15, -0.1) is 0 Å². The molecule has 14 aromatic rings. The Morgan fingerprint density at radius 1 is 0.286 bits per heavy atom. The highest BCUT2D eigenvalue weighted by Gasteiger charge is 2.27. The molecule has 2 heteroatoms. The molecule has 0 amide bonds. The number of imidazole rings is 1. The highest BCUT2D eigenvalue weighted by molar-refractivity contribution is 6.45. The van der Waals surface area contributed by atoms with E-state index in [9.17, 15) is 0 Å². The third kappa shape index (κ3) is 4.81. The quantitative estimate of drug-likeness (QED) is 0.159. The van der Waals surface area contributed by atoms with Crippen LogP contribution in [0, 0.1) is 0 Å². The Labute approximate surface area is 363 Å². The van der Waals surface area contributed by atoms with E-state index in [4.69, 9.17) is 4.98 Å². The SMILES string of the molecule is c1ccc(-c2c3cc4c5ccccc5c5cccc(c3c(-c3ccccc3)c3c6ccc(-c7ccc(-c8nc9ccccc9n8-c8ccccc8)cc7)c7cccc(c23)c76)c54)cc1. The normalized spacial score (nSPS) is 12.1. The minimum atomic E-state index is 0.935. The zero-order chi connectivity index (χ0) is 41.2. The van der Waals surface area contributed by atoms with Crippen molar-refractivity contribution in [1.82, 2.24) is 9.55 Å². The lowest BCUT2D eigenvalue weighted by molar-refractivity contribution is 1.10. The summed E-state index contributed by atoms with van der Waals surface area (Å²) >= 11 is 0. The minimum Gasteiger partial charge on any atom is -0.292 e. The molecule has 0 radical (unpaired) electrons. The molecule has 1 heterocycles. The highest BCUT2D eigenvalue weighted by atomic mass is 15.1. The summed E-state index contributed by atoms with van der Waals surface area (Å²) in [5.74, 6) is 0.935. The fourth-order valence-corrected chi connectivity index (χ4v) is 11.1. The Hall–Kier alpha value is -8.33. The third-order valence-corrected chi connectivity index (χ3v) is 13.7. The van der Waals surface area contributed by atoms with Crippen LogP contribution in [0.2, 0.25) is 0 Å². The molecule has 0 aliphatic heterocycles. The molecule has 1 aromatic heterocycles. The fraction of sp³-hybridized carbons (Fsp3) is 0. The van der Waals surface area contributed by atoms with Gasteiger partial charge in [0.1, 0.15) is 5.82 Å². The van der Waals surface area contributed by atoms with Gasteiger partial charge in [-0.25, -0.2) is 4.98 Å². The Bertz CT molecular complexity index is 4090. The Balaban J connectivity index is 1.08. The summed E-state index contributed by atoms with van der Waals surface area (Å²) in [6.45, 7) is 0. The predicted octanol–water partition coefficient (Wildman–Crippen LogP) is 16.6. The molecule has 0 saturated carbocycles. The van der Waals surface area contributed by atoms with Crippen molar-refractivity contribution in [2.75, 3.05) is 0 Å². The zero-order valence-corrected chi connectivity index (χ0v) is 34.2. The van der Waals surface area contributed by atoms with E-state index in [-0.39, 0.29) is 0 Å². The largest absolute Gasteiger partial charge is 0.292 e. The van der Waals surface area contributed by atoms with Crippen LogP contribution in [0.15, 0.2) is 218 Å². The van der Waals surface area contributed by atoms with E-state index >= 15 is 0 Å². The van der Waals surface area contributed by atoms with Gasteiger partial charge < -0.3 is 0 Å². The summed E-state index contributed by atoms with van der Waals surface area (Å²) in [6.07, 6.45) is 0. The Morgan fingerprint density at radius 3 is 1.56 bits per heavy atom. The van der Waals surface area contributed by atoms with Crippen molar-refractivity contribution in [2.24, 2.45) is 0 Å². The van der Waals surface area contributed by atoms with E-state index < -0.39 is 0 Å². The van der Waals surface area contributed by atoms with E-state index in [1.54, 1.807) is 0 Å². The van der Waals surface area contributed by atoms with Crippen molar-refractivity contribution in [3.05, 3.63) is 218 Å². The topological polar surface area (TPSA) is 17.8 Å². The molecule has 0 unspecified atom stereocenters. The van der Waals surface area contributed by atoms with Crippen LogP contribution < -0.4 is 0 Å². The number of fused-ring (bicyclic) bond motifs is 9.